The summed E-state index contributed by atoms with van der Waals surface area (Å²) < 4.78 is 0. The minimum Gasteiger partial charge on any atom is -0.301 e. The number of benzene rings is 1. The van der Waals surface area contributed by atoms with Gasteiger partial charge < -0.3 is 4.90 Å². The van der Waals surface area contributed by atoms with E-state index >= 15 is 0 Å². The predicted molar refractivity (Wildman–Crippen MR) is 67.6 cm³/mol. The first kappa shape index (κ1) is 12.5. The SMILES string of the molecule is Cc1ccc(CN(C)CC(C)Cl)cc1C. The highest BCUT2D eigenvalue weighted by Crippen LogP contribution is 2.11. The molecule has 0 aromatic heterocycles. The third-order valence-corrected chi connectivity index (χ3v) is 2.73. The predicted octanol–water partition coefficient (Wildman–Crippen LogP) is 3.36. The van der Waals surface area contributed by atoms with E-state index in [-0.39, 0.29) is 5.38 Å². The van der Waals surface area contributed by atoms with Crippen molar-refractivity contribution >= 4 is 11.6 Å². The number of rotatable bonds is 4. The molecule has 0 saturated carbocycles. The van der Waals surface area contributed by atoms with Gasteiger partial charge in [-0.2, -0.15) is 0 Å². The van der Waals surface area contributed by atoms with E-state index in [0.29, 0.717) is 0 Å². The minimum absolute atomic E-state index is 0.210. The second-order valence-corrected chi connectivity index (χ2v) is 5.14. The van der Waals surface area contributed by atoms with Crippen molar-refractivity contribution in [2.24, 2.45) is 0 Å². The molecule has 0 N–H and O–H groups in total. The van der Waals surface area contributed by atoms with Crippen LogP contribution >= 0.6 is 11.6 Å². The summed E-state index contributed by atoms with van der Waals surface area (Å²) in [5, 5.41) is 0.210. The molecule has 0 aliphatic rings. The number of hydrogen-bond acceptors (Lipinski definition) is 1. The number of hydrogen-bond donors (Lipinski definition) is 0. The fourth-order valence-corrected chi connectivity index (χ4v) is 1.94. The van der Waals surface area contributed by atoms with Crippen LogP contribution in [0.15, 0.2) is 18.2 Å². The van der Waals surface area contributed by atoms with E-state index in [1.807, 2.05) is 6.92 Å². The van der Waals surface area contributed by atoms with Gasteiger partial charge in [-0.15, -0.1) is 11.6 Å². The van der Waals surface area contributed by atoms with E-state index in [9.17, 15) is 0 Å². The molecule has 0 radical (unpaired) electrons. The number of halogens is 1. The Morgan fingerprint density at radius 2 is 1.93 bits per heavy atom. The zero-order valence-electron chi connectivity index (χ0n) is 10.0. The first-order valence-electron chi connectivity index (χ1n) is 5.38. The van der Waals surface area contributed by atoms with Crippen LogP contribution in [-0.2, 0) is 6.54 Å². The van der Waals surface area contributed by atoms with Crippen molar-refractivity contribution in [1.29, 1.82) is 0 Å². The molecular formula is C13H20ClN. The van der Waals surface area contributed by atoms with Gasteiger partial charge in [-0.3, -0.25) is 0 Å². The third-order valence-electron chi connectivity index (χ3n) is 2.59. The topological polar surface area (TPSA) is 3.24 Å². The standard InChI is InChI=1S/C13H20ClN/c1-10-5-6-13(7-11(10)2)9-15(4)8-12(3)14/h5-7,12H,8-9H2,1-4H3. The van der Waals surface area contributed by atoms with Crippen LogP contribution in [0, 0.1) is 13.8 Å². The van der Waals surface area contributed by atoms with Crippen molar-refractivity contribution in [3.05, 3.63) is 34.9 Å². The van der Waals surface area contributed by atoms with Crippen molar-refractivity contribution in [2.45, 2.75) is 32.7 Å². The highest BCUT2D eigenvalue weighted by atomic mass is 35.5. The summed E-state index contributed by atoms with van der Waals surface area (Å²) in [5.74, 6) is 0. The summed E-state index contributed by atoms with van der Waals surface area (Å²) >= 11 is 5.95. The van der Waals surface area contributed by atoms with Gasteiger partial charge in [-0.25, -0.2) is 0 Å². The van der Waals surface area contributed by atoms with Crippen LogP contribution in [0.3, 0.4) is 0 Å². The molecule has 0 aliphatic carbocycles. The Bertz CT molecular complexity index is 320. The third kappa shape index (κ3) is 4.23. The van der Waals surface area contributed by atoms with Crippen molar-refractivity contribution in [1.82, 2.24) is 4.90 Å². The number of aryl methyl sites for hydroxylation is 2. The fraction of sp³-hybridized carbons (Fsp3) is 0.538. The van der Waals surface area contributed by atoms with Crippen LogP contribution in [0.2, 0.25) is 0 Å². The van der Waals surface area contributed by atoms with Gasteiger partial charge in [0, 0.05) is 18.5 Å². The smallest absolute Gasteiger partial charge is 0.0435 e. The van der Waals surface area contributed by atoms with Crippen LogP contribution in [0.5, 0.6) is 0 Å². The first-order chi connectivity index (χ1) is 6.99. The van der Waals surface area contributed by atoms with E-state index in [4.69, 9.17) is 11.6 Å². The Morgan fingerprint density at radius 3 is 2.47 bits per heavy atom. The molecule has 0 aliphatic heterocycles. The Morgan fingerprint density at radius 1 is 1.27 bits per heavy atom. The molecular weight excluding hydrogens is 206 g/mol. The molecule has 1 atom stereocenters. The van der Waals surface area contributed by atoms with Crippen molar-refractivity contribution < 1.29 is 0 Å². The second kappa shape index (κ2) is 5.53. The summed E-state index contributed by atoms with van der Waals surface area (Å²) in [6.45, 7) is 8.22. The Hall–Kier alpha value is -0.530. The lowest BCUT2D eigenvalue weighted by molar-refractivity contribution is 0.330. The quantitative estimate of drug-likeness (QED) is 0.711. The lowest BCUT2D eigenvalue weighted by atomic mass is 10.1. The molecule has 0 fully saturated rings. The molecule has 15 heavy (non-hydrogen) atoms. The number of nitrogens with zero attached hydrogens (tertiary/aromatic N) is 1. The molecule has 1 nitrogen and oxygen atoms in total. The van der Waals surface area contributed by atoms with E-state index in [2.05, 4.69) is 44.0 Å². The van der Waals surface area contributed by atoms with Gasteiger partial charge in [0.05, 0.1) is 0 Å². The van der Waals surface area contributed by atoms with Crippen molar-refractivity contribution in [2.75, 3.05) is 13.6 Å². The van der Waals surface area contributed by atoms with Crippen molar-refractivity contribution in [3.8, 4) is 0 Å². The molecule has 0 amide bonds. The maximum atomic E-state index is 5.95. The van der Waals surface area contributed by atoms with Gasteiger partial charge in [-0.05, 0) is 44.5 Å². The normalized spacial score (nSPS) is 13.2. The second-order valence-electron chi connectivity index (χ2n) is 4.40. The monoisotopic (exact) mass is 225 g/mol. The van der Waals surface area contributed by atoms with Gasteiger partial charge in [0.1, 0.15) is 0 Å². The van der Waals surface area contributed by atoms with Gasteiger partial charge in [0.2, 0.25) is 0 Å². The van der Waals surface area contributed by atoms with E-state index < -0.39 is 0 Å². The molecule has 0 saturated heterocycles. The molecule has 0 heterocycles. The summed E-state index contributed by atoms with van der Waals surface area (Å²) in [4.78, 5) is 2.25. The molecule has 1 aromatic carbocycles. The molecule has 2 heteroatoms. The van der Waals surface area contributed by atoms with E-state index in [1.54, 1.807) is 0 Å². The van der Waals surface area contributed by atoms with E-state index in [0.717, 1.165) is 13.1 Å². The Balaban J connectivity index is 2.60. The molecule has 1 rings (SSSR count). The molecule has 0 spiro atoms. The fourth-order valence-electron chi connectivity index (χ4n) is 1.71. The maximum Gasteiger partial charge on any atom is 0.0435 e. The highest BCUT2D eigenvalue weighted by Gasteiger charge is 2.04. The lowest BCUT2D eigenvalue weighted by Gasteiger charge is -2.18. The van der Waals surface area contributed by atoms with Gasteiger partial charge in [0.25, 0.3) is 0 Å². The summed E-state index contributed by atoms with van der Waals surface area (Å²) in [7, 11) is 2.11. The van der Waals surface area contributed by atoms with Crippen LogP contribution in [0.4, 0.5) is 0 Å². The highest BCUT2D eigenvalue weighted by molar-refractivity contribution is 6.20. The van der Waals surface area contributed by atoms with Crippen LogP contribution < -0.4 is 0 Å². The lowest BCUT2D eigenvalue weighted by Crippen LogP contribution is -2.24. The maximum absolute atomic E-state index is 5.95. The molecule has 1 unspecified atom stereocenters. The number of alkyl halides is 1. The average Bonchev–Trinajstić information content (AvgIpc) is 2.10. The van der Waals surface area contributed by atoms with Crippen LogP contribution in [0.25, 0.3) is 0 Å². The van der Waals surface area contributed by atoms with Crippen LogP contribution in [-0.4, -0.2) is 23.9 Å². The zero-order valence-corrected chi connectivity index (χ0v) is 10.8. The molecule has 0 bridgehead atoms. The summed E-state index contributed by atoms with van der Waals surface area (Å²) in [6.07, 6.45) is 0. The average molecular weight is 226 g/mol. The minimum atomic E-state index is 0.210. The Kier molecular flexibility index (Phi) is 4.62. The van der Waals surface area contributed by atoms with Gasteiger partial charge in [0.15, 0.2) is 0 Å². The Labute approximate surface area is 98.0 Å². The van der Waals surface area contributed by atoms with Crippen LogP contribution in [0.1, 0.15) is 23.6 Å². The molecule has 1 aromatic rings. The first-order valence-corrected chi connectivity index (χ1v) is 5.81. The summed E-state index contributed by atoms with van der Waals surface area (Å²) in [5.41, 5.74) is 4.07. The zero-order chi connectivity index (χ0) is 11.4. The molecule has 84 valence electrons. The largest absolute Gasteiger partial charge is 0.301 e. The summed E-state index contributed by atoms with van der Waals surface area (Å²) in [6, 6.07) is 6.63. The van der Waals surface area contributed by atoms with Gasteiger partial charge >= 0.3 is 0 Å². The van der Waals surface area contributed by atoms with E-state index in [1.165, 1.54) is 16.7 Å². The van der Waals surface area contributed by atoms with Crippen molar-refractivity contribution in [3.63, 3.8) is 0 Å². The van der Waals surface area contributed by atoms with Gasteiger partial charge in [-0.1, -0.05) is 18.2 Å².